The molecule has 0 aliphatic rings. The van der Waals surface area contributed by atoms with Gasteiger partial charge < -0.3 is 33.8 Å². The molecule has 0 aliphatic carbocycles. The molecule has 0 aromatic rings. The number of unbranched alkanes of at least 4 members (excludes halogenated alkanes) is 24. The molecule has 5 atom stereocenters. The van der Waals surface area contributed by atoms with Gasteiger partial charge in [0.25, 0.3) is 0 Å². The van der Waals surface area contributed by atoms with Crippen LogP contribution in [0.15, 0.2) is 0 Å². The van der Waals surface area contributed by atoms with Crippen LogP contribution in [0.4, 0.5) is 0 Å². The molecule has 0 radical (unpaired) electrons. The van der Waals surface area contributed by atoms with Gasteiger partial charge >= 0.3 is 39.5 Å². The fourth-order valence-corrected chi connectivity index (χ4v) is 10.5. The van der Waals surface area contributed by atoms with Crippen molar-refractivity contribution >= 4 is 39.5 Å². The van der Waals surface area contributed by atoms with Crippen LogP contribution in [0.1, 0.15) is 287 Å². The van der Waals surface area contributed by atoms with Crippen LogP contribution in [-0.2, 0) is 65.4 Å². The summed E-state index contributed by atoms with van der Waals surface area (Å²) in [6.45, 7) is 13.8. The molecule has 19 heteroatoms. The molecule has 0 aromatic heterocycles. The Morgan fingerprint density at radius 1 is 0.312 bits per heavy atom. The molecule has 0 saturated heterocycles. The van der Waals surface area contributed by atoms with Crippen LogP contribution in [0.5, 0.6) is 0 Å². The van der Waals surface area contributed by atoms with E-state index in [2.05, 4.69) is 55.4 Å². The van der Waals surface area contributed by atoms with Gasteiger partial charge in [-0.3, -0.25) is 37.3 Å². The Bertz CT molecular complexity index is 1610. The van der Waals surface area contributed by atoms with E-state index in [4.69, 9.17) is 37.0 Å². The molecule has 0 amide bonds. The van der Waals surface area contributed by atoms with Crippen molar-refractivity contribution < 1.29 is 80.2 Å². The second-order valence-electron chi connectivity index (χ2n) is 24.0. The number of aliphatic hydroxyl groups excluding tert-OH is 1. The second-order valence-corrected chi connectivity index (χ2v) is 26.9. The van der Waals surface area contributed by atoms with E-state index >= 15 is 0 Å². The van der Waals surface area contributed by atoms with Gasteiger partial charge in [0.2, 0.25) is 0 Å². The van der Waals surface area contributed by atoms with Crippen LogP contribution in [0.25, 0.3) is 0 Å². The predicted octanol–water partition coefficient (Wildman–Crippen LogP) is 16.2. The van der Waals surface area contributed by atoms with Crippen molar-refractivity contribution in [1.29, 1.82) is 0 Å². The summed E-state index contributed by atoms with van der Waals surface area (Å²) in [5.74, 6) is 0.643. The smallest absolute Gasteiger partial charge is 0.462 e. The standard InChI is InChI=1S/C61H118O17P2/c1-51(2)37-29-21-13-9-11-15-25-33-41-58(63)71-47-57(78-61(66)44-36-28-20-18-24-32-40-54(7)8)50-76-80(69,70)74-46-55(62)45-73-79(67,68)75-49-56(48-72-59(64)42-34-26-19-17-23-31-39-53(5)6)77-60(65)43-35-27-16-12-10-14-22-30-38-52(3)4/h51-57,62H,9-50H2,1-8H3,(H,67,68)(H,69,70)/t55-,56+,57+/m0/s1. The molecule has 0 heterocycles. The summed E-state index contributed by atoms with van der Waals surface area (Å²) in [5.41, 5.74) is 0. The minimum Gasteiger partial charge on any atom is -0.462 e. The molecule has 0 aromatic carbocycles. The first-order valence-corrected chi connectivity index (χ1v) is 34.7. The Morgan fingerprint density at radius 3 is 0.775 bits per heavy atom. The number of aliphatic hydroxyl groups is 1. The number of esters is 4. The van der Waals surface area contributed by atoms with Crippen molar-refractivity contribution in [2.24, 2.45) is 23.7 Å². The highest BCUT2D eigenvalue weighted by molar-refractivity contribution is 7.47. The van der Waals surface area contributed by atoms with Crippen molar-refractivity contribution in [3.8, 4) is 0 Å². The highest BCUT2D eigenvalue weighted by Gasteiger charge is 2.30. The highest BCUT2D eigenvalue weighted by atomic mass is 31.2. The third kappa shape index (κ3) is 55.3. The predicted molar refractivity (Wildman–Crippen MR) is 317 cm³/mol. The molecule has 0 saturated carbocycles. The number of carbonyl (C=O) groups is 4. The van der Waals surface area contributed by atoms with Crippen molar-refractivity contribution in [2.75, 3.05) is 39.6 Å². The molecule has 2 unspecified atom stereocenters. The van der Waals surface area contributed by atoms with Crippen LogP contribution >= 0.6 is 15.6 Å². The van der Waals surface area contributed by atoms with Crippen molar-refractivity contribution in [3.05, 3.63) is 0 Å². The average molecular weight is 1190 g/mol. The molecular weight excluding hydrogens is 1070 g/mol. The summed E-state index contributed by atoms with van der Waals surface area (Å²) in [6, 6.07) is 0. The third-order valence-corrected chi connectivity index (χ3v) is 15.7. The summed E-state index contributed by atoms with van der Waals surface area (Å²) in [6.07, 6.45) is 29.8. The van der Waals surface area contributed by atoms with Crippen molar-refractivity contribution in [3.63, 3.8) is 0 Å². The maximum Gasteiger partial charge on any atom is 0.472 e. The van der Waals surface area contributed by atoms with E-state index in [1.54, 1.807) is 0 Å². The van der Waals surface area contributed by atoms with E-state index in [0.29, 0.717) is 37.5 Å². The summed E-state index contributed by atoms with van der Waals surface area (Å²) in [7, 11) is -9.88. The summed E-state index contributed by atoms with van der Waals surface area (Å²) >= 11 is 0. The Balaban J connectivity index is 5.24. The number of phosphoric ester groups is 2. The monoisotopic (exact) mass is 1180 g/mol. The van der Waals surface area contributed by atoms with E-state index in [-0.39, 0.29) is 25.7 Å². The van der Waals surface area contributed by atoms with Crippen molar-refractivity contribution in [2.45, 2.75) is 305 Å². The fourth-order valence-electron chi connectivity index (χ4n) is 8.90. The minimum absolute atomic E-state index is 0.101. The molecule has 17 nitrogen and oxygen atoms in total. The Labute approximate surface area is 486 Å². The van der Waals surface area contributed by atoms with Gasteiger partial charge in [0.1, 0.15) is 19.3 Å². The lowest BCUT2D eigenvalue weighted by Crippen LogP contribution is -2.30. The second kappa shape index (κ2) is 51.5. The summed E-state index contributed by atoms with van der Waals surface area (Å²) in [5, 5.41) is 10.5. The van der Waals surface area contributed by atoms with Crippen LogP contribution in [-0.4, -0.2) is 96.7 Å². The van der Waals surface area contributed by atoms with Crippen LogP contribution in [0.2, 0.25) is 0 Å². The number of hydrogen-bond donors (Lipinski definition) is 3. The van der Waals surface area contributed by atoms with Crippen LogP contribution in [0.3, 0.4) is 0 Å². The minimum atomic E-state index is -4.94. The first kappa shape index (κ1) is 78.1. The first-order valence-electron chi connectivity index (χ1n) is 31.7. The zero-order valence-corrected chi connectivity index (χ0v) is 53.5. The molecule has 0 spiro atoms. The molecule has 474 valence electrons. The normalized spacial score (nSPS) is 14.5. The number of phosphoric acid groups is 2. The molecule has 3 N–H and O–H groups in total. The zero-order chi connectivity index (χ0) is 59.7. The van der Waals surface area contributed by atoms with Gasteiger partial charge in [0.05, 0.1) is 26.4 Å². The average Bonchev–Trinajstić information content (AvgIpc) is 3.39. The van der Waals surface area contributed by atoms with E-state index in [0.717, 1.165) is 108 Å². The summed E-state index contributed by atoms with van der Waals surface area (Å²) in [4.78, 5) is 72.0. The Kier molecular flexibility index (Phi) is 50.2. The number of carbonyl (C=O) groups excluding carboxylic acids is 4. The van der Waals surface area contributed by atoms with Gasteiger partial charge in [0, 0.05) is 25.7 Å². The molecular formula is C61H118O17P2. The Morgan fingerprint density at radius 2 is 0.525 bits per heavy atom. The van der Waals surface area contributed by atoms with Gasteiger partial charge in [-0.25, -0.2) is 9.13 Å². The van der Waals surface area contributed by atoms with Gasteiger partial charge in [-0.1, -0.05) is 235 Å². The first-order chi connectivity index (χ1) is 38.1. The van der Waals surface area contributed by atoms with E-state index in [9.17, 15) is 43.2 Å². The lowest BCUT2D eigenvalue weighted by Gasteiger charge is -2.21. The van der Waals surface area contributed by atoms with Crippen LogP contribution in [0, 0.1) is 23.7 Å². The largest absolute Gasteiger partial charge is 0.472 e. The number of hydrogen-bond acceptors (Lipinski definition) is 15. The lowest BCUT2D eigenvalue weighted by molar-refractivity contribution is -0.161. The number of rotatable bonds is 58. The SMILES string of the molecule is CC(C)CCCCCCCCCCC(=O)OC[C@H](COP(=O)(O)OC[C@@H](O)COP(=O)(O)OC[C@@H](COC(=O)CCCCCCCCC(C)C)OC(=O)CCCCCCCCCCC(C)C)OC(=O)CCCCCCCCC(C)C. The maximum absolute atomic E-state index is 12.9. The van der Waals surface area contributed by atoms with E-state index in [1.807, 2.05) is 0 Å². The van der Waals surface area contributed by atoms with E-state index in [1.165, 1.54) is 83.5 Å². The van der Waals surface area contributed by atoms with Gasteiger partial charge in [0.15, 0.2) is 12.2 Å². The van der Waals surface area contributed by atoms with Gasteiger partial charge in [-0.2, -0.15) is 0 Å². The third-order valence-electron chi connectivity index (χ3n) is 13.8. The number of ether oxygens (including phenoxy) is 4. The fraction of sp³-hybridized carbons (Fsp3) is 0.934. The quantitative estimate of drug-likeness (QED) is 0.0222. The lowest BCUT2D eigenvalue weighted by atomic mass is 10.0. The molecule has 0 bridgehead atoms. The Hall–Kier alpha value is -1.94. The molecule has 0 aliphatic heterocycles. The molecule has 0 rings (SSSR count). The van der Waals surface area contributed by atoms with Gasteiger partial charge in [-0.05, 0) is 49.4 Å². The van der Waals surface area contributed by atoms with Crippen LogP contribution < -0.4 is 0 Å². The van der Waals surface area contributed by atoms with Gasteiger partial charge in [-0.15, -0.1) is 0 Å². The van der Waals surface area contributed by atoms with E-state index < -0.39 is 97.5 Å². The highest BCUT2D eigenvalue weighted by Crippen LogP contribution is 2.45. The zero-order valence-electron chi connectivity index (χ0n) is 51.7. The molecule has 80 heavy (non-hydrogen) atoms. The maximum atomic E-state index is 12.9. The molecule has 0 fully saturated rings. The van der Waals surface area contributed by atoms with Crippen molar-refractivity contribution in [1.82, 2.24) is 0 Å². The summed E-state index contributed by atoms with van der Waals surface area (Å²) < 4.78 is 67.8. The topological polar surface area (TPSA) is 237 Å².